The molecule has 2 atom stereocenters. The molecular formula is C20H31N3O3S2. The summed E-state index contributed by atoms with van der Waals surface area (Å²) in [5, 5.41) is 7.57. The van der Waals surface area contributed by atoms with Gasteiger partial charge in [-0.3, -0.25) is 4.79 Å². The molecule has 156 valence electrons. The third kappa shape index (κ3) is 5.03. The smallest absolute Gasteiger partial charge is 0.341 e. The van der Waals surface area contributed by atoms with Gasteiger partial charge in [-0.15, -0.1) is 11.3 Å². The minimum absolute atomic E-state index is 0.0783. The van der Waals surface area contributed by atoms with E-state index in [9.17, 15) is 9.59 Å². The number of carbonyl (C=O) groups excluding carboxylic acids is 2. The zero-order valence-electron chi connectivity index (χ0n) is 17.4. The summed E-state index contributed by atoms with van der Waals surface area (Å²) >= 11 is 6.76. The predicted octanol–water partition coefficient (Wildman–Crippen LogP) is 4.19. The number of hydrogen-bond acceptors (Lipinski definition) is 5. The quantitative estimate of drug-likeness (QED) is 0.526. The fourth-order valence-electron chi connectivity index (χ4n) is 3.65. The average molecular weight is 426 g/mol. The monoisotopic (exact) mass is 425 g/mol. The minimum Gasteiger partial charge on any atom is -0.465 e. The Morgan fingerprint density at radius 1 is 1.25 bits per heavy atom. The highest BCUT2D eigenvalue weighted by molar-refractivity contribution is 7.80. The average Bonchev–Trinajstić information content (AvgIpc) is 2.99. The van der Waals surface area contributed by atoms with E-state index in [0.717, 1.165) is 6.42 Å². The van der Waals surface area contributed by atoms with Gasteiger partial charge < -0.3 is 20.3 Å². The number of hydrogen-bond donors (Lipinski definition) is 2. The molecule has 28 heavy (non-hydrogen) atoms. The normalized spacial score (nSPS) is 19.0. The van der Waals surface area contributed by atoms with Crippen molar-refractivity contribution in [2.75, 3.05) is 25.5 Å². The molecule has 1 heterocycles. The molecule has 1 aliphatic carbocycles. The van der Waals surface area contributed by atoms with Gasteiger partial charge in [0.15, 0.2) is 5.11 Å². The minimum atomic E-state index is -0.469. The van der Waals surface area contributed by atoms with Crippen LogP contribution in [0.15, 0.2) is 0 Å². The van der Waals surface area contributed by atoms with Gasteiger partial charge >= 0.3 is 5.97 Å². The Morgan fingerprint density at radius 3 is 2.46 bits per heavy atom. The molecule has 8 heteroatoms. The van der Waals surface area contributed by atoms with Gasteiger partial charge in [0.05, 0.1) is 17.6 Å². The summed E-state index contributed by atoms with van der Waals surface area (Å²) in [6.07, 6.45) is 4.72. The van der Waals surface area contributed by atoms with E-state index in [2.05, 4.69) is 17.6 Å². The van der Waals surface area contributed by atoms with Gasteiger partial charge in [0.25, 0.3) is 5.91 Å². The van der Waals surface area contributed by atoms with Crippen LogP contribution in [0, 0.1) is 12.8 Å². The Bertz CT molecular complexity index is 729. The van der Waals surface area contributed by atoms with E-state index in [4.69, 9.17) is 17.0 Å². The maximum absolute atomic E-state index is 12.9. The van der Waals surface area contributed by atoms with E-state index >= 15 is 0 Å². The number of thiophene rings is 1. The molecule has 1 amide bonds. The molecule has 0 aliphatic heterocycles. The second kappa shape index (κ2) is 10.2. The van der Waals surface area contributed by atoms with Crippen LogP contribution in [0.3, 0.4) is 0 Å². The molecule has 1 aliphatic rings. The van der Waals surface area contributed by atoms with Crippen LogP contribution < -0.4 is 10.6 Å². The van der Waals surface area contributed by atoms with Crippen molar-refractivity contribution >= 4 is 45.5 Å². The summed E-state index contributed by atoms with van der Waals surface area (Å²) < 4.78 is 4.95. The molecule has 2 rings (SSSR count). The lowest BCUT2D eigenvalue weighted by Crippen LogP contribution is -2.43. The van der Waals surface area contributed by atoms with E-state index in [-0.39, 0.29) is 5.91 Å². The maximum Gasteiger partial charge on any atom is 0.341 e. The van der Waals surface area contributed by atoms with Crippen LogP contribution in [-0.2, 0) is 4.74 Å². The zero-order valence-corrected chi connectivity index (χ0v) is 19.0. The van der Waals surface area contributed by atoms with Gasteiger partial charge in [-0.1, -0.05) is 19.8 Å². The van der Waals surface area contributed by atoms with E-state index in [0.29, 0.717) is 51.2 Å². The van der Waals surface area contributed by atoms with Crippen LogP contribution in [0.25, 0.3) is 0 Å². The first kappa shape index (κ1) is 22.6. The van der Waals surface area contributed by atoms with Crippen molar-refractivity contribution in [1.82, 2.24) is 10.2 Å². The molecule has 0 aromatic carbocycles. The molecule has 1 fully saturated rings. The van der Waals surface area contributed by atoms with E-state index in [1.807, 2.05) is 13.8 Å². The fraction of sp³-hybridized carbons (Fsp3) is 0.650. The Balaban J connectivity index is 2.26. The fourth-order valence-corrected chi connectivity index (χ4v) is 5.13. The van der Waals surface area contributed by atoms with Crippen molar-refractivity contribution in [3.05, 3.63) is 16.0 Å². The molecule has 0 spiro atoms. The van der Waals surface area contributed by atoms with Crippen molar-refractivity contribution < 1.29 is 14.3 Å². The van der Waals surface area contributed by atoms with Crippen molar-refractivity contribution in [2.24, 2.45) is 5.92 Å². The van der Waals surface area contributed by atoms with Crippen molar-refractivity contribution in [1.29, 1.82) is 0 Å². The van der Waals surface area contributed by atoms with Crippen molar-refractivity contribution in [3.8, 4) is 0 Å². The van der Waals surface area contributed by atoms with Crippen LogP contribution in [0.1, 0.15) is 72.0 Å². The van der Waals surface area contributed by atoms with E-state index < -0.39 is 5.97 Å². The second-order valence-electron chi connectivity index (χ2n) is 7.20. The first-order valence-corrected chi connectivity index (χ1v) is 11.1. The molecule has 1 aromatic heterocycles. The second-order valence-corrected chi connectivity index (χ2v) is 8.62. The Morgan fingerprint density at radius 2 is 1.89 bits per heavy atom. The van der Waals surface area contributed by atoms with Crippen LogP contribution in [0.5, 0.6) is 0 Å². The highest BCUT2D eigenvalue weighted by Crippen LogP contribution is 2.34. The third-order valence-electron chi connectivity index (χ3n) is 5.44. The Hall–Kier alpha value is -1.67. The number of amides is 1. The van der Waals surface area contributed by atoms with Gasteiger partial charge in [0.2, 0.25) is 0 Å². The molecule has 6 nitrogen and oxygen atoms in total. The summed E-state index contributed by atoms with van der Waals surface area (Å²) in [7, 11) is 1.34. The predicted molar refractivity (Wildman–Crippen MR) is 118 cm³/mol. The lowest BCUT2D eigenvalue weighted by Gasteiger charge is -2.30. The summed E-state index contributed by atoms with van der Waals surface area (Å²) in [6, 6.07) is 0.327. The number of nitrogens with one attached hydrogen (secondary N) is 2. The number of carbonyl (C=O) groups is 2. The number of rotatable bonds is 6. The van der Waals surface area contributed by atoms with Gasteiger partial charge in [0.1, 0.15) is 5.00 Å². The Labute approximate surface area is 177 Å². The van der Waals surface area contributed by atoms with Crippen LogP contribution in [0.4, 0.5) is 5.00 Å². The molecule has 1 aromatic rings. The summed E-state index contributed by atoms with van der Waals surface area (Å²) in [5.74, 6) is 0.00705. The summed E-state index contributed by atoms with van der Waals surface area (Å²) in [5.41, 5.74) is 1.01. The lowest BCUT2D eigenvalue weighted by molar-refractivity contribution is 0.0601. The van der Waals surface area contributed by atoms with Crippen LogP contribution in [0.2, 0.25) is 0 Å². The van der Waals surface area contributed by atoms with Gasteiger partial charge in [-0.25, -0.2) is 4.79 Å². The SMILES string of the molecule is CCN(CC)C(=O)c1sc(NC(=S)NC2CCCCC2C)c(C(=O)OC)c1C. The molecule has 2 N–H and O–H groups in total. The largest absolute Gasteiger partial charge is 0.465 e. The molecule has 2 unspecified atom stereocenters. The molecule has 0 saturated heterocycles. The number of ether oxygens (including phenoxy) is 1. The number of methoxy groups -OCH3 is 1. The van der Waals surface area contributed by atoms with Crippen LogP contribution in [-0.4, -0.2) is 48.1 Å². The third-order valence-corrected chi connectivity index (χ3v) is 6.85. The molecular weight excluding hydrogens is 394 g/mol. The van der Waals surface area contributed by atoms with Crippen LogP contribution >= 0.6 is 23.6 Å². The number of anilines is 1. The summed E-state index contributed by atoms with van der Waals surface area (Å²) in [4.78, 5) is 27.5. The maximum atomic E-state index is 12.9. The highest BCUT2D eigenvalue weighted by atomic mass is 32.1. The van der Waals surface area contributed by atoms with Crippen molar-refractivity contribution in [2.45, 2.75) is 59.4 Å². The van der Waals surface area contributed by atoms with E-state index in [1.165, 1.54) is 37.7 Å². The first-order chi connectivity index (χ1) is 13.3. The standard InChI is InChI=1S/C20H31N3O3S2/c1-6-23(7-2)18(24)16-13(4)15(19(25)26-5)17(28-16)22-20(27)21-14-11-9-8-10-12(14)3/h12,14H,6-11H2,1-5H3,(H2,21,22,27). The number of thiocarbonyl (C=S) groups is 1. The zero-order chi connectivity index (χ0) is 20.8. The number of nitrogens with zero attached hydrogens (tertiary/aromatic N) is 1. The molecule has 1 saturated carbocycles. The Kier molecular flexibility index (Phi) is 8.24. The van der Waals surface area contributed by atoms with E-state index in [1.54, 1.807) is 11.8 Å². The van der Waals surface area contributed by atoms with Gasteiger partial charge in [0, 0.05) is 19.1 Å². The lowest BCUT2D eigenvalue weighted by atomic mass is 9.86. The molecule has 0 radical (unpaired) electrons. The molecule has 0 bridgehead atoms. The topological polar surface area (TPSA) is 70.7 Å². The number of esters is 1. The van der Waals surface area contributed by atoms with Gasteiger partial charge in [-0.05, 0) is 57.3 Å². The first-order valence-electron chi connectivity index (χ1n) is 9.92. The van der Waals surface area contributed by atoms with Crippen molar-refractivity contribution in [3.63, 3.8) is 0 Å². The highest BCUT2D eigenvalue weighted by Gasteiger charge is 2.28. The van der Waals surface area contributed by atoms with Gasteiger partial charge in [-0.2, -0.15) is 0 Å². The summed E-state index contributed by atoms with van der Waals surface area (Å²) in [6.45, 7) is 9.12.